The van der Waals surface area contributed by atoms with Gasteiger partial charge in [0.25, 0.3) is 0 Å². The SMILES string of the molecule is POC/C=C/c1ccccc1. The molecule has 2 heteroatoms. The molecule has 0 radical (unpaired) electrons. The summed E-state index contributed by atoms with van der Waals surface area (Å²) in [6.45, 7) is 0.638. The molecule has 0 aliphatic heterocycles. The average Bonchev–Trinajstić information content (AvgIpc) is 2.07. The van der Waals surface area contributed by atoms with E-state index < -0.39 is 0 Å². The maximum atomic E-state index is 4.79. The molecule has 1 rings (SSSR count). The third kappa shape index (κ3) is 3.31. The van der Waals surface area contributed by atoms with Crippen molar-refractivity contribution >= 4 is 15.5 Å². The molecule has 0 aliphatic rings. The van der Waals surface area contributed by atoms with Gasteiger partial charge in [0, 0.05) is 9.47 Å². The lowest BCUT2D eigenvalue weighted by molar-refractivity contribution is 0.428. The topological polar surface area (TPSA) is 9.23 Å². The maximum absolute atomic E-state index is 4.79. The van der Waals surface area contributed by atoms with Crippen molar-refractivity contribution in [2.75, 3.05) is 6.61 Å². The molecular formula is C9H11OP. The molecule has 1 aromatic carbocycles. The zero-order valence-electron chi connectivity index (χ0n) is 6.23. The van der Waals surface area contributed by atoms with Crippen LogP contribution in [0.15, 0.2) is 36.4 Å². The molecule has 58 valence electrons. The second-order valence-electron chi connectivity index (χ2n) is 2.15. The minimum Gasteiger partial charge on any atom is -0.362 e. The molecule has 0 aromatic heterocycles. The molecule has 0 fully saturated rings. The van der Waals surface area contributed by atoms with Gasteiger partial charge in [0.1, 0.15) is 0 Å². The Kier molecular flexibility index (Phi) is 3.89. The van der Waals surface area contributed by atoms with E-state index in [0.717, 1.165) is 0 Å². The van der Waals surface area contributed by atoms with E-state index in [2.05, 4.69) is 21.6 Å². The molecule has 0 heterocycles. The molecule has 1 nitrogen and oxygen atoms in total. The molecule has 0 aliphatic carbocycles. The third-order valence-corrected chi connectivity index (χ3v) is 1.49. The molecule has 0 N–H and O–H groups in total. The molecule has 0 bridgehead atoms. The zero-order valence-corrected chi connectivity index (χ0v) is 7.39. The highest BCUT2D eigenvalue weighted by molar-refractivity contribution is 7.09. The Bertz CT molecular complexity index is 218. The van der Waals surface area contributed by atoms with Crippen LogP contribution in [-0.4, -0.2) is 6.61 Å². The van der Waals surface area contributed by atoms with E-state index in [9.17, 15) is 0 Å². The van der Waals surface area contributed by atoms with Crippen molar-refractivity contribution in [1.82, 2.24) is 0 Å². The van der Waals surface area contributed by atoms with Gasteiger partial charge in [-0.3, -0.25) is 0 Å². The smallest absolute Gasteiger partial charge is 0.0686 e. The quantitative estimate of drug-likeness (QED) is 0.627. The molecule has 0 amide bonds. The first-order chi connectivity index (χ1) is 5.43. The fourth-order valence-corrected chi connectivity index (χ4v) is 0.915. The normalized spacial score (nSPS) is 10.6. The molecular weight excluding hydrogens is 155 g/mol. The van der Waals surface area contributed by atoms with Gasteiger partial charge >= 0.3 is 0 Å². The first kappa shape index (κ1) is 8.45. The summed E-state index contributed by atoms with van der Waals surface area (Å²) < 4.78 is 4.79. The van der Waals surface area contributed by atoms with Crippen molar-refractivity contribution in [3.63, 3.8) is 0 Å². The second kappa shape index (κ2) is 5.06. The minimum absolute atomic E-state index is 0.638. The first-order valence-corrected chi connectivity index (χ1v) is 3.94. The van der Waals surface area contributed by atoms with Crippen molar-refractivity contribution in [3.05, 3.63) is 42.0 Å². The summed E-state index contributed by atoms with van der Waals surface area (Å²) in [6.07, 6.45) is 4.01. The summed E-state index contributed by atoms with van der Waals surface area (Å²) in [4.78, 5) is 0. The van der Waals surface area contributed by atoms with Crippen molar-refractivity contribution in [3.8, 4) is 0 Å². The monoisotopic (exact) mass is 166 g/mol. The lowest BCUT2D eigenvalue weighted by atomic mass is 10.2. The van der Waals surface area contributed by atoms with Crippen LogP contribution in [0, 0.1) is 0 Å². The van der Waals surface area contributed by atoms with Crippen LogP contribution in [0.2, 0.25) is 0 Å². The molecule has 1 atom stereocenters. The molecule has 0 saturated carbocycles. The van der Waals surface area contributed by atoms with E-state index in [0.29, 0.717) is 6.61 Å². The predicted octanol–water partition coefficient (Wildman–Crippen LogP) is 2.51. The van der Waals surface area contributed by atoms with E-state index in [1.54, 1.807) is 0 Å². The summed E-state index contributed by atoms with van der Waals surface area (Å²) in [5, 5.41) is 0. The van der Waals surface area contributed by atoms with Crippen molar-refractivity contribution in [2.45, 2.75) is 0 Å². The second-order valence-corrected chi connectivity index (χ2v) is 2.48. The number of hydrogen-bond acceptors (Lipinski definition) is 1. The van der Waals surface area contributed by atoms with Crippen LogP contribution in [0.25, 0.3) is 6.08 Å². The standard InChI is InChI=1S/C9H11OP/c11-10-8-4-7-9-5-2-1-3-6-9/h1-7H,8,11H2/b7-4+. The Morgan fingerprint density at radius 2 is 2.00 bits per heavy atom. The van der Waals surface area contributed by atoms with Crippen molar-refractivity contribution in [1.29, 1.82) is 0 Å². The Hall–Kier alpha value is -0.650. The summed E-state index contributed by atoms with van der Waals surface area (Å²) in [6, 6.07) is 10.1. The predicted molar refractivity (Wildman–Crippen MR) is 51.1 cm³/mol. The van der Waals surface area contributed by atoms with Crippen LogP contribution >= 0.6 is 9.47 Å². The summed E-state index contributed by atoms with van der Waals surface area (Å²) >= 11 is 0. The summed E-state index contributed by atoms with van der Waals surface area (Å²) in [5.41, 5.74) is 1.20. The van der Waals surface area contributed by atoms with Crippen LogP contribution in [-0.2, 0) is 4.52 Å². The van der Waals surface area contributed by atoms with Gasteiger partial charge in [0.05, 0.1) is 6.61 Å². The Balaban J connectivity index is 2.50. The maximum Gasteiger partial charge on any atom is 0.0686 e. The van der Waals surface area contributed by atoms with Crippen LogP contribution in [0.4, 0.5) is 0 Å². The molecule has 0 saturated heterocycles. The number of benzene rings is 1. The average molecular weight is 166 g/mol. The first-order valence-electron chi connectivity index (χ1n) is 3.47. The van der Waals surface area contributed by atoms with Crippen molar-refractivity contribution in [2.24, 2.45) is 0 Å². The van der Waals surface area contributed by atoms with Crippen LogP contribution in [0.1, 0.15) is 5.56 Å². The lowest BCUT2D eigenvalue weighted by Gasteiger charge is -1.90. The van der Waals surface area contributed by atoms with Gasteiger partial charge in [-0.05, 0) is 5.56 Å². The highest BCUT2D eigenvalue weighted by Gasteiger charge is 1.80. The number of hydrogen-bond donors (Lipinski definition) is 0. The van der Waals surface area contributed by atoms with E-state index in [4.69, 9.17) is 4.52 Å². The van der Waals surface area contributed by atoms with Gasteiger partial charge in [-0.2, -0.15) is 0 Å². The molecule has 1 unspecified atom stereocenters. The zero-order chi connectivity index (χ0) is 7.94. The fourth-order valence-electron chi connectivity index (χ4n) is 0.804. The minimum atomic E-state index is 0.638. The molecule has 0 spiro atoms. The highest BCUT2D eigenvalue weighted by atomic mass is 31.0. The van der Waals surface area contributed by atoms with E-state index in [1.165, 1.54) is 5.56 Å². The van der Waals surface area contributed by atoms with Gasteiger partial charge in [-0.25, -0.2) is 0 Å². The molecule has 1 aromatic rings. The van der Waals surface area contributed by atoms with E-state index in [-0.39, 0.29) is 0 Å². The largest absolute Gasteiger partial charge is 0.362 e. The van der Waals surface area contributed by atoms with Gasteiger partial charge in [0.15, 0.2) is 0 Å². The summed E-state index contributed by atoms with van der Waals surface area (Å²) in [7, 11) is 2.22. The van der Waals surface area contributed by atoms with Crippen molar-refractivity contribution < 1.29 is 4.52 Å². The third-order valence-electron chi connectivity index (χ3n) is 1.30. The van der Waals surface area contributed by atoms with E-state index in [1.807, 2.05) is 30.4 Å². The Morgan fingerprint density at radius 1 is 1.27 bits per heavy atom. The Morgan fingerprint density at radius 3 is 2.64 bits per heavy atom. The summed E-state index contributed by atoms with van der Waals surface area (Å²) in [5.74, 6) is 0. The van der Waals surface area contributed by atoms with Crippen LogP contribution < -0.4 is 0 Å². The highest BCUT2D eigenvalue weighted by Crippen LogP contribution is 2.00. The molecule has 11 heavy (non-hydrogen) atoms. The van der Waals surface area contributed by atoms with Gasteiger partial charge in [-0.15, -0.1) is 0 Å². The van der Waals surface area contributed by atoms with Gasteiger partial charge in [-0.1, -0.05) is 42.5 Å². The van der Waals surface area contributed by atoms with Gasteiger partial charge < -0.3 is 4.52 Å². The lowest BCUT2D eigenvalue weighted by Crippen LogP contribution is -1.74. The fraction of sp³-hybridized carbons (Fsp3) is 0.111. The van der Waals surface area contributed by atoms with Crippen LogP contribution in [0.5, 0.6) is 0 Å². The van der Waals surface area contributed by atoms with E-state index >= 15 is 0 Å². The Labute approximate surface area is 69.4 Å². The van der Waals surface area contributed by atoms with Gasteiger partial charge in [0.2, 0.25) is 0 Å². The van der Waals surface area contributed by atoms with Crippen LogP contribution in [0.3, 0.4) is 0 Å². The number of rotatable bonds is 3.